The molecule has 1 aliphatic rings. The molecule has 1 atom stereocenters. The minimum Gasteiger partial charge on any atom is -0.447 e. The van der Waals surface area contributed by atoms with Crippen LogP contribution in [0.1, 0.15) is 23.2 Å². The van der Waals surface area contributed by atoms with Gasteiger partial charge in [-0.05, 0) is 19.9 Å². The molecule has 0 spiro atoms. The van der Waals surface area contributed by atoms with Crippen molar-refractivity contribution in [2.24, 2.45) is 0 Å². The number of carbonyl (C=O) groups is 3. The van der Waals surface area contributed by atoms with Crippen molar-refractivity contribution in [2.45, 2.75) is 20.0 Å². The Bertz CT molecular complexity index is 801. The zero-order valence-electron chi connectivity index (χ0n) is 12.5. The summed E-state index contributed by atoms with van der Waals surface area (Å²) < 4.78 is 6.45. The van der Waals surface area contributed by atoms with Crippen LogP contribution in [0.2, 0.25) is 0 Å². The fraction of sp³-hybridized carbons (Fsp3) is 0.385. The summed E-state index contributed by atoms with van der Waals surface area (Å²) in [5.74, 6) is -1.38. The van der Waals surface area contributed by atoms with Crippen molar-refractivity contribution in [3.05, 3.63) is 23.8 Å². The van der Waals surface area contributed by atoms with E-state index in [4.69, 9.17) is 4.74 Å². The smallest absolute Gasteiger partial charge is 0.379 e. The van der Waals surface area contributed by atoms with Crippen LogP contribution in [0.3, 0.4) is 0 Å². The van der Waals surface area contributed by atoms with Gasteiger partial charge in [0.2, 0.25) is 0 Å². The van der Waals surface area contributed by atoms with Gasteiger partial charge in [0.25, 0.3) is 17.5 Å². The number of ether oxygens (including phenoxy) is 1. The van der Waals surface area contributed by atoms with E-state index in [0.29, 0.717) is 6.54 Å². The van der Waals surface area contributed by atoms with E-state index in [1.807, 2.05) is 0 Å². The number of hydrogen-bond acceptors (Lipinski definition) is 7. The molecular formula is C13H14N6O4. The lowest BCUT2D eigenvalue weighted by atomic mass is 10.3. The highest BCUT2D eigenvalue weighted by molar-refractivity contribution is 5.99. The van der Waals surface area contributed by atoms with E-state index < -0.39 is 24.0 Å². The van der Waals surface area contributed by atoms with E-state index in [9.17, 15) is 14.4 Å². The maximum atomic E-state index is 12.1. The summed E-state index contributed by atoms with van der Waals surface area (Å²) in [6.07, 6.45) is 0.430. The van der Waals surface area contributed by atoms with Gasteiger partial charge in [-0.25, -0.2) is 19.1 Å². The van der Waals surface area contributed by atoms with Crippen LogP contribution in [0.15, 0.2) is 12.3 Å². The number of fused-ring (bicyclic) bond motifs is 1. The van der Waals surface area contributed by atoms with Crippen LogP contribution in [0, 0.1) is 6.92 Å². The lowest BCUT2D eigenvalue weighted by Gasteiger charge is -2.17. The van der Waals surface area contributed by atoms with Crippen molar-refractivity contribution in [2.75, 3.05) is 13.1 Å². The van der Waals surface area contributed by atoms with Crippen molar-refractivity contribution in [1.82, 2.24) is 29.8 Å². The predicted molar refractivity (Wildman–Crippen MR) is 75.5 cm³/mol. The van der Waals surface area contributed by atoms with Crippen LogP contribution in [0.4, 0.5) is 4.79 Å². The third kappa shape index (κ3) is 2.70. The fourth-order valence-corrected chi connectivity index (χ4v) is 2.16. The maximum Gasteiger partial charge on any atom is 0.379 e. The van der Waals surface area contributed by atoms with Crippen LogP contribution in [-0.4, -0.2) is 61.6 Å². The molecule has 3 heterocycles. The first-order chi connectivity index (χ1) is 11.0. The average molecular weight is 318 g/mol. The van der Waals surface area contributed by atoms with Gasteiger partial charge in [0.1, 0.15) is 0 Å². The Labute approximate surface area is 130 Å². The van der Waals surface area contributed by atoms with Crippen LogP contribution in [0.25, 0.3) is 5.78 Å². The van der Waals surface area contributed by atoms with Crippen LogP contribution < -0.4 is 5.32 Å². The van der Waals surface area contributed by atoms with Gasteiger partial charge in [0.05, 0.1) is 0 Å². The number of aromatic nitrogens is 4. The molecule has 1 N–H and O–H groups in total. The lowest BCUT2D eigenvalue weighted by Crippen LogP contribution is -2.41. The highest BCUT2D eigenvalue weighted by atomic mass is 16.5. The summed E-state index contributed by atoms with van der Waals surface area (Å²) in [5.41, 5.74) is 0.749. The molecule has 10 nitrogen and oxygen atoms in total. The molecule has 23 heavy (non-hydrogen) atoms. The monoisotopic (exact) mass is 318 g/mol. The first kappa shape index (κ1) is 14.9. The highest BCUT2D eigenvalue weighted by Crippen LogP contribution is 2.08. The van der Waals surface area contributed by atoms with Gasteiger partial charge in [0, 0.05) is 25.0 Å². The molecule has 0 aliphatic carbocycles. The van der Waals surface area contributed by atoms with Crippen LogP contribution >= 0.6 is 0 Å². The minimum absolute atomic E-state index is 0.197. The molecule has 0 bridgehead atoms. The molecule has 1 saturated heterocycles. The molecule has 0 radical (unpaired) electrons. The number of amides is 3. The number of nitrogens with one attached hydrogen (secondary N) is 1. The van der Waals surface area contributed by atoms with E-state index in [2.05, 4.69) is 20.4 Å². The Kier molecular flexibility index (Phi) is 3.64. The molecule has 3 rings (SSSR count). The Morgan fingerprint density at radius 1 is 1.43 bits per heavy atom. The summed E-state index contributed by atoms with van der Waals surface area (Å²) in [6, 6.07) is 1.22. The molecule has 0 saturated carbocycles. The SMILES string of the molecule is Cc1ccnc2nc(C(=O)OC(C)C(=O)N3CCNC3=O)nn12. The Morgan fingerprint density at radius 3 is 2.87 bits per heavy atom. The predicted octanol–water partition coefficient (Wildman–Crippen LogP) is -0.470. The second-order valence-electron chi connectivity index (χ2n) is 5.00. The summed E-state index contributed by atoms with van der Waals surface area (Å²) >= 11 is 0. The molecule has 3 amide bonds. The van der Waals surface area contributed by atoms with Crippen LogP contribution in [-0.2, 0) is 9.53 Å². The van der Waals surface area contributed by atoms with E-state index in [1.165, 1.54) is 11.4 Å². The normalized spacial score (nSPS) is 15.6. The van der Waals surface area contributed by atoms with Gasteiger partial charge in [-0.15, -0.1) is 5.10 Å². The van der Waals surface area contributed by atoms with E-state index in [0.717, 1.165) is 10.6 Å². The zero-order valence-corrected chi connectivity index (χ0v) is 12.5. The summed E-state index contributed by atoms with van der Waals surface area (Å²) in [4.78, 5) is 44.6. The molecular weight excluding hydrogens is 304 g/mol. The third-order valence-corrected chi connectivity index (χ3v) is 3.37. The number of rotatable bonds is 3. The first-order valence-corrected chi connectivity index (χ1v) is 6.96. The number of carbonyl (C=O) groups excluding carboxylic acids is 3. The number of imide groups is 1. The number of aryl methyl sites for hydroxylation is 1. The van der Waals surface area contributed by atoms with Gasteiger partial charge in [0.15, 0.2) is 6.10 Å². The first-order valence-electron chi connectivity index (χ1n) is 6.96. The summed E-state index contributed by atoms with van der Waals surface area (Å²) in [7, 11) is 0. The lowest BCUT2D eigenvalue weighted by molar-refractivity contribution is -0.136. The summed E-state index contributed by atoms with van der Waals surface area (Å²) in [6.45, 7) is 3.81. The van der Waals surface area contributed by atoms with Gasteiger partial charge < -0.3 is 10.1 Å². The van der Waals surface area contributed by atoms with E-state index >= 15 is 0 Å². The average Bonchev–Trinajstić information content (AvgIpc) is 3.13. The Balaban J connectivity index is 1.73. The second-order valence-corrected chi connectivity index (χ2v) is 5.00. The maximum absolute atomic E-state index is 12.1. The standard InChI is InChI=1S/C13H14N6O4/c1-7-3-4-14-12-16-9(17-19(7)12)11(21)23-8(2)10(20)18-6-5-15-13(18)22/h3-4,8H,5-6H2,1-2H3,(H,15,22). The molecule has 120 valence electrons. The van der Waals surface area contributed by atoms with Crippen molar-refractivity contribution < 1.29 is 19.1 Å². The quantitative estimate of drug-likeness (QED) is 0.760. The largest absolute Gasteiger partial charge is 0.447 e. The van der Waals surface area contributed by atoms with Crippen LogP contribution in [0.5, 0.6) is 0 Å². The molecule has 1 fully saturated rings. The molecule has 0 aromatic carbocycles. The highest BCUT2D eigenvalue weighted by Gasteiger charge is 2.32. The molecule has 2 aromatic heterocycles. The van der Waals surface area contributed by atoms with Gasteiger partial charge in [-0.3, -0.25) is 9.69 Å². The summed E-state index contributed by atoms with van der Waals surface area (Å²) in [5, 5.41) is 6.51. The fourth-order valence-electron chi connectivity index (χ4n) is 2.16. The Morgan fingerprint density at radius 2 is 2.22 bits per heavy atom. The van der Waals surface area contributed by atoms with Gasteiger partial charge >= 0.3 is 12.0 Å². The molecule has 10 heteroatoms. The Hall–Kier alpha value is -3.04. The van der Waals surface area contributed by atoms with Crippen molar-refractivity contribution in [3.8, 4) is 0 Å². The second kappa shape index (κ2) is 5.63. The van der Waals surface area contributed by atoms with Gasteiger partial charge in [-0.2, -0.15) is 4.98 Å². The van der Waals surface area contributed by atoms with Crippen molar-refractivity contribution >= 4 is 23.7 Å². The van der Waals surface area contributed by atoms with Gasteiger partial charge in [-0.1, -0.05) is 0 Å². The number of nitrogens with zero attached hydrogens (tertiary/aromatic N) is 5. The number of urea groups is 1. The van der Waals surface area contributed by atoms with E-state index in [1.54, 1.807) is 19.2 Å². The molecule has 1 aliphatic heterocycles. The van der Waals surface area contributed by atoms with E-state index in [-0.39, 0.29) is 18.1 Å². The minimum atomic E-state index is -1.12. The van der Waals surface area contributed by atoms with Crippen molar-refractivity contribution in [3.63, 3.8) is 0 Å². The zero-order chi connectivity index (χ0) is 16.6. The number of hydrogen-bond donors (Lipinski definition) is 1. The number of esters is 1. The van der Waals surface area contributed by atoms with Crippen molar-refractivity contribution in [1.29, 1.82) is 0 Å². The third-order valence-electron chi connectivity index (χ3n) is 3.37. The molecule has 1 unspecified atom stereocenters. The topological polar surface area (TPSA) is 119 Å². The molecule has 2 aromatic rings.